The van der Waals surface area contributed by atoms with Crippen LogP contribution < -0.4 is 11.1 Å². The topological polar surface area (TPSA) is 64.3 Å². The van der Waals surface area contributed by atoms with Crippen molar-refractivity contribution < 1.29 is 9.53 Å². The lowest BCUT2D eigenvalue weighted by atomic mass is 9.74. The van der Waals surface area contributed by atoms with Crippen molar-refractivity contribution in [1.29, 1.82) is 0 Å². The van der Waals surface area contributed by atoms with Crippen LogP contribution >= 0.6 is 0 Å². The van der Waals surface area contributed by atoms with Crippen molar-refractivity contribution in [3.63, 3.8) is 0 Å². The fourth-order valence-corrected chi connectivity index (χ4v) is 1.41. The molecule has 1 fully saturated rings. The molecule has 0 radical (unpaired) electrons. The van der Waals surface area contributed by atoms with Gasteiger partial charge in [0.1, 0.15) is 5.54 Å². The van der Waals surface area contributed by atoms with Gasteiger partial charge in [0.05, 0.1) is 6.10 Å². The Balaban J connectivity index is 2.50. The molecule has 64 valence electrons. The first-order chi connectivity index (χ1) is 5.14. The van der Waals surface area contributed by atoms with Gasteiger partial charge >= 0.3 is 0 Å². The van der Waals surface area contributed by atoms with E-state index in [1.54, 1.807) is 14.2 Å². The SMILES string of the molecule is CNC1(C(N)=O)CC(OC)C1. The molecule has 1 aliphatic carbocycles. The number of amides is 1. The van der Waals surface area contributed by atoms with Crippen molar-refractivity contribution in [2.75, 3.05) is 14.2 Å². The Morgan fingerprint density at radius 1 is 1.73 bits per heavy atom. The molecule has 0 spiro atoms. The maximum absolute atomic E-state index is 10.9. The van der Waals surface area contributed by atoms with Crippen molar-refractivity contribution in [1.82, 2.24) is 5.32 Å². The molecule has 0 heterocycles. The highest BCUT2D eigenvalue weighted by atomic mass is 16.5. The van der Waals surface area contributed by atoms with Gasteiger partial charge in [-0.15, -0.1) is 0 Å². The molecule has 1 rings (SSSR count). The predicted octanol–water partition coefficient (Wildman–Crippen LogP) is -0.761. The van der Waals surface area contributed by atoms with Gasteiger partial charge in [0.15, 0.2) is 0 Å². The zero-order valence-electron chi connectivity index (χ0n) is 6.89. The average molecular weight is 158 g/mol. The summed E-state index contributed by atoms with van der Waals surface area (Å²) < 4.78 is 5.05. The first-order valence-corrected chi connectivity index (χ1v) is 3.66. The monoisotopic (exact) mass is 158 g/mol. The van der Waals surface area contributed by atoms with Crippen molar-refractivity contribution in [3.05, 3.63) is 0 Å². The standard InChI is InChI=1S/C7H14N2O2/c1-9-7(6(8)10)3-5(4-7)11-2/h5,9H,3-4H2,1-2H3,(H2,8,10). The summed E-state index contributed by atoms with van der Waals surface area (Å²) >= 11 is 0. The van der Waals surface area contributed by atoms with E-state index in [-0.39, 0.29) is 12.0 Å². The van der Waals surface area contributed by atoms with E-state index in [0.717, 1.165) is 0 Å². The molecule has 0 aliphatic heterocycles. The summed E-state index contributed by atoms with van der Waals surface area (Å²) in [4.78, 5) is 10.9. The van der Waals surface area contributed by atoms with E-state index in [1.807, 2.05) is 0 Å². The molecule has 1 aliphatic rings. The predicted molar refractivity (Wildman–Crippen MR) is 41.0 cm³/mol. The van der Waals surface area contributed by atoms with Crippen LogP contribution in [0.5, 0.6) is 0 Å². The molecule has 0 aromatic rings. The lowest BCUT2D eigenvalue weighted by Gasteiger charge is -2.44. The van der Waals surface area contributed by atoms with Crippen molar-refractivity contribution in [3.8, 4) is 0 Å². The minimum absolute atomic E-state index is 0.190. The fourth-order valence-electron chi connectivity index (χ4n) is 1.41. The van der Waals surface area contributed by atoms with Crippen LogP contribution in [0.2, 0.25) is 0 Å². The summed E-state index contributed by atoms with van der Waals surface area (Å²) in [6, 6.07) is 0. The second kappa shape index (κ2) is 2.79. The van der Waals surface area contributed by atoms with Crippen LogP contribution in [0.1, 0.15) is 12.8 Å². The average Bonchev–Trinajstić information content (AvgIpc) is 1.86. The van der Waals surface area contributed by atoms with Gasteiger partial charge in [0.25, 0.3) is 0 Å². The molecule has 1 saturated carbocycles. The Kier molecular flexibility index (Phi) is 2.15. The summed E-state index contributed by atoms with van der Waals surface area (Å²) in [5.41, 5.74) is 4.70. The van der Waals surface area contributed by atoms with E-state index < -0.39 is 5.54 Å². The molecule has 0 saturated heterocycles. The largest absolute Gasteiger partial charge is 0.381 e. The number of primary amides is 1. The van der Waals surface area contributed by atoms with E-state index in [4.69, 9.17) is 10.5 Å². The molecular formula is C7H14N2O2. The molecule has 0 bridgehead atoms. The van der Waals surface area contributed by atoms with Crippen molar-refractivity contribution in [2.24, 2.45) is 5.73 Å². The van der Waals surface area contributed by atoms with E-state index in [1.165, 1.54) is 0 Å². The third-order valence-electron chi connectivity index (χ3n) is 2.44. The molecule has 1 amide bonds. The minimum Gasteiger partial charge on any atom is -0.381 e. The van der Waals surface area contributed by atoms with Gasteiger partial charge in [-0.3, -0.25) is 4.79 Å². The Hall–Kier alpha value is -0.610. The quantitative estimate of drug-likeness (QED) is 0.567. The lowest BCUT2D eigenvalue weighted by Crippen LogP contribution is -2.64. The maximum Gasteiger partial charge on any atom is 0.237 e. The summed E-state index contributed by atoms with van der Waals surface area (Å²) in [5.74, 6) is -0.284. The number of methoxy groups -OCH3 is 1. The van der Waals surface area contributed by atoms with E-state index in [0.29, 0.717) is 12.8 Å². The molecule has 4 nitrogen and oxygen atoms in total. The number of carbonyl (C=O) groups excluding carboxylic acids is 1. The van der Waals surface area contributed by atoms with Gasteiger partial charge < -0.3 is 15.8 Å². The molecule has 0 unspecified atom stereocenters. The summed E-state index contributed by atoms with van der Waals surface area (Å²) in [5, 5.41) is 2.92. The molecule has 0 atom stereocenters. The molecule has 0 aromatic carbocycles. The van der Waals surface area contributed by atoms with Gasteiger partial charge in [-0.1, -0.05) is 0 Å². The van der Waals surface area contributed by atoms with Crippen LogP contribution in [0.25, 0.3) is 0 Å². The number of ether oxygens (including phenoxy) is 1. The smallest absolute Gasteiger partial charge is 0.237 e. The van der Waals surface area contributed by atoms with E-state index in [2.05, 4.69) is 5.32 Å². The lowest BCUT2D eigenvalue weighted by molar-refractivity contribution is -0.134. The molecular weight excluding hydrogens is 144 g/mol. The summed E-state index contributed by atoms with van der Waals surface area (Å²) in [6.45, 7) is 0. The Morgan fingerprint density at radius 2 is 2.27 bits per heavy atom. The highest BCUT2D eigenvalue weighted by Crippen LogP contribution is 2.33. The Morgan fingerprint density at radius 3 is 2.55 bits per heavy atom. The fraction of sp³-hybridized carbons (Fsp3) is 0.857. The van der Waals surface area contributed by atoms with Crippen LogP contribution in [0, 0.1) is 0 Å². The summed E-state index contributed by atoms with van der Waals surface area (Å²) in [6.07, 6.45) is 1.57. The first kappa shape index (κ1) is 8.49. The number of likely N-dealkylation sites (N-methyl/N-ethyl adjacent to an activating group) is 1. The normalized spacial score (nSPS) is 36.4. The Bertz CT molecular complexity index is 164. The number of hydrogen-bond donors (Lipinski definition) is 2. The van der Waals surface area contributed by atoms with Crippen LogP contribution in [0.15, 0.2) is 0 Å². The van der Waals surface area contributed by atoms with Crippen LogP contribution in [-0.2, 0) is 9.53 Å². The van der Waals surface area contributed by atoms with Gasteiger partial charge in [-0.25, -0.2) is 0 Å². The number of nitrogens with one attached hydrogen (secondary N) is 1. The first-order valence-electron chi connectivity index (χ1n) is 3.66. The van der Waals surface area contributed by atoms with Crippen molar-refractivity contribution in [2.45, 2.75) is 24.5 Å². The van der Waals surface area contributed by atoms with Gasteiger partial charge in [-0.05, 0) is 7.05 Å². The zero-order valence-corrected chi connectivity index (χ0v) is 6.89. The van der Waals surface area contributed by atoms with Gasteiger partial charge in [-0.2, -0.15) is 0 Å². The number of nitrogens with two attached hydrogens (primary N) is 1. The molecule has 0 aromatic heterocycles. The van der Waals surface area contributed by atoms with Gasteiger partial charge in [0.2, 0.25) is 5.91 Å². The number of hydrogen-bond acceptors (Lipinski definition) is 3. The van der Waals surface area contributed by atoms with Crippen LogP contribution in [0.3, 0.4) is 0 Å². The highest BCUT2D eigenvalue weighted by Gasteiger charge is 2.48. The van der Waals surface area contributed by atoms with Crippen LogP contribution in [0.4, 0.5) is 0 Å². The summed E-state index contributed by atoms with van der Waals surface area (Å²) in [7, 11) is 3.39. The van der Waals surface area contributed by atoms with Crippen LogP contribution in [-0.4, -0.2) is 31.7 Å². The number of carbonyl (C=O) groups is 1. The highest BCUT2D eigenvalue weighted by molar-refractivity contribution is 5.86. The van der Waals surface area contributed by atoms with E-state index in [9.17, 15) is 4.79 Å². The third-order valence-corrected chi connectivity index (χ3v) is 2.44. The maximum atomic E-state index is 10.9. The molecule has 3 N–H and O–H groups in total. The van der Waals surface area contributed by atoms with Gasteiger partial charge in [0, 0.05) is 20.0 Å². The van der Waals surface area contributed by atoms with Crippen molar-refractivity contribution >= 4 is 5.91 Å². The van der Waals surface area contributed by atoms with E-state index >= 15 is 0 Å². The molecule has 4 heteroatoms. The minimum atomic E-state index is -0.499. The number of rotatable bonds is 3. The zero-order chi connectivity index (χ0) is 8.48. The third kappa shape index (κ3) is 1.23. The second-order valence-corrected chi connectivity index (χ2v) is 2.96. The second-order valence-electron chi connectivity index (χ2n) is 2.96. The molecule has 11 heavy (non-hydrogen) atoms. The Labute approximate surface area is 66.1 Å².